The van der Waals surface area contributed by atoms with E-state index in [4.69, 9.17) is 4.43 Å². The minimum absolute atomic E-state index is 0.420. The first-order valence-electron chi connectivity index (χ1n) is 9.33. The Morgan fingerprint density at radius 1 is 0.808 bits per heavy atom. The minimum Gasteiger partial charge on any atom is -0.399 e. The number of benzene rings is 2. The van der Waals surface area contributed by atoms with Gasteiger partial charge in [0.15, 0.2) is 0 Å². The Bertz CT molecular complexity index is 749. The highest BCUT2D eigenvalue weighted by Crippen LogP contribution is 2.44. The maximum absolute atomic E-state index is 7.28. The van der Waals surface area contributed by atoms with Gasteiger partial charge in [-0.2, -0.15) is 0 Å². The van der Waals surface area contributed by atoms with Gasteiger partial charge in [-0.15, -0.1) is 0 Å². The summed E-state index contributed by atoms with van der Waals surface area (Å²) < 4.78 is 7.28. The van der Waals surface area contributed by atoms with Crippen LogP contribution in [0.4, 0.5) is 0 Å². The average Bonchev–Trinajstić information content (AvgIpc) is 2.65. The second-order valence-corrected chi connectivity index (χ2v) is 33.8. The van der Waals surface area contributed by atoms with Gasteiger partial charge in [-0.3, -0.25) is 0 Å². The van der Waals surface area contributed by atoms with Gasteiger partial charge in [-0.25, -0.2) is 0 Å². The van der Waals surface area contributed by atoms with Crippen LogP contribution in [0.15, 0.2) is 86.0 Å². The predicted molar refractivity (Wildman–Crippen MR) is 122 cm³/mol. The molecule has 4 heteroatoms. The molecule has 0 atom stereocenters. The molecule has 3 rings (SSSR count). The Labute approximate surface area is 161 Å². The number of hydrogen-bond donors (Lipinski definition) is 0. The SMILES string of the molecule is C=CC1(C=C)C[Si](C)(C)[Si](C)(C)[Si](c2ccccc2)(c2ccccc2)O1. The summed E-state index contributed by atoms with van der Waals surface area (Å²) in [6, 6.07) is 23.1. The second kappa shape index (κ2) is 6.60. The van der Waals surface area contributed by atoms with Gasteiger partial charge in [0.2, 0.25) is 7.83 Å². The van der Waals surface area contributed by atoms with Gasteiger partial charge in [0.05, 0.1) is 12.7 Å². The second-order valence-electron chi connectivity index (χ2n) is 8.56. The molecule has 2 aromatic rings. The molecule has 1 aliphatic rings. The normalized spacial score (nSPS) is 22.3. The van der Waals surface area contributed by atoms with E-state index < -0.39 is 28.1 Å². The third kappa shape index (κ3) is 2.67. The molecule has 0 spiro atoms. The van der Waals surface area contributed by atoms with E-state index in [0.717, 1.165) is 6.04 Å². The van der Waals surface area contributed by atoms with Crippen molar-refractivity contribution >= 4 is 32.9 Å². The topological polar surface area (TPSA) is 9.23 Å². The molecule has 0 saturated carbocycles. The standard InChI is InChI=1S/C22H30OSi3/c1-7-22(8-2)19-24(3,4)25(5,6)26(23-22,20-15-11-9-12-16-20)21-17-13-10-14-18-21/h7-18H,1-2,19H2,3-6H3. The van der Waals surface area contributed by atoms with E-state index in [1.807, 2.05) is 12.2 Å². The highest BCUT2D eigenvalue weighted by Gasteiger charge is 2.67. The molecule has 1 fully saturated rings. The van der Waals surface area contributed by atoms with Gasteiger partial charge in [0.1, 0.15) is 0 Å². The Morgan fingerprint density at radius 3 is 1.62 bits per heavy atom. The summed E-state index contributed by atoms with van der Waals surface area (Å²) in [5, 5.41) is 2.80. The van der Waals surface area contributed by atoms with E-state index in [1.165, 1.54) is 10.4 Å². The number of hydrogen-bond acceptors (Lipinski definition) is 1. The molecule has 0 aliphatic carbocycles. The molecule has 1 heterocycles. The van der Waals surface area contributed by atoms with Crippen LogP contribution in [0.25, 0.3) is 0 Å². The van der Waals surface area contributed by atoms with E-state index in [9.17, 15) is 0 Å². The maximum Gasteiger partial charge on any atom is 0.239 e. The van der Waals surface area contributed by atoms with Crippen molar-refractivity contribution in [3.63, 3.8) is 0 Å². The lowest BCUT2D eigenvalue weighted by Gasteiger charge is -2.60. The summed E-state index contributed by atoms with van der Waals surface area (Å²) in [6.45, 7) is 18.6. The predicted octanol–water partition coefficient (Wildman–Crippen LogP) is 4.46. The quantitative estimate of drug-likeness (QED) is 0.549. The lowest BCUT2D eigenvalue weighted by atomic mass is 10.1. The van der Waals surface area contributed by atoms with Crippen LogP contribution in [0, 0.1) is 0 Å². The monoisotopic (exact) mass is 394 g/mol. The van der Waals surface area contributed by atoms with Crippen LogP contribution in [0.1, 0.15) is 0 Å². The molecule has 0 amide bonds. The minimum atomic E-state index is -2.42. The molecule has 26 heavy (non-hydrogen) atoms. The first-order chi connectivity index (χ1) is 12.2. The average molecular weight is 395 g/mol. The molecular formula is C22H30OSi3. The van der Waals surface area contributed by atoms with Crippen molar-refractivity contribution in [1.29, 1.82) is 0 Å². The lowest BCUT2D eigenvalue weighted by molar-refractivity contribution is 0.191. The molecule has 0 aromatic heterocycles. The molecule has 1 saturated heterocycles. The highest BCUT2D eigenvalue weighted by atomic mass is 29.6. The molecule has 1 nitrogen and oxygen atoms in total. The molecule has 0 unspecified atom stereocenters. The fourth-order valence-corrected chi connectivity index (χ4v) is 36.3. The van der Waals surface area contributed by atoms with Crippen molar-refractivity contribution in [2.45, 2.75) is 37.8 Å². The van der Waals surface area contributed by atoms with E-state index in [2.05, 4.69) is 100 Å². The van der Waals surface area contributed by atoms with Crippen LogP contribution in [0.5, 0.6) is 0 Å². The van der Waals surface area contributed by atoms with Crippen molar-refractivity contribution in [1.82, 2.24) is 0 Å². The summed E-state index contributed by atoms with van der Waals surface area (Å²) in [7, 11) is -5.72. The van der Waals surface area contributed by atoms with Crippen molar-refractivity contribution in [2.24, 2.45) is 0 Å². The van der Waals surface area contributed by atoms with Crippen molar-refractivity contribution in [2.75, 3.05) is 0 Å². The molecule has 0 radical (unpaired) electrons. The van der Waals surface area contributed by atoms with Crippen LogP contribution in [0.2, 0.25) is 32.2 Å². The van der Waals surface area contributed by atoms with Gasteiger partial charge in [0.25, 0.3) is 0 Å². The van der Waals surface area contributed by atoms with Crippen LogP contribution in [-0.4, -0.2) is 28.1 Å². The summed E-state index contributed by atoms with van der Waals surface area (Å²) >= 11 is 0. The van der Waals surface area contributed by atoms with Gasteiger partial charge in [-0.05, 0) is 16.4 Å². The summed E-state index contributed by atoms with van der Waals surface area (Å²) in [5.74, 6) is 0. The summed E-state index contributed by atoms with van der Waals surface area (Å²) in [6.07, 6.45) is 4.01. The van der Waals surface area contributed by atoms with Crippen LogP contribution in [0.3, 0.4) is 0 Å². The molecule has 0 N–H and O–H groups in total. The largest absolute Gasteiger partial charge is 0.399 e. The van der Waals surface area contributed by atoms with E-state index >= 15 is 0 Å². The van der Waals surface area contributed by atoms with Gasteiger partial charge in [0, 0.05) is 7.59 Å². The van der Waals surface area contributed by atoms with Gasteiger partial charge < -0.3 is 4.43 Å². The molecule has 136 valence electrons. The van der Waals surface area contributed by atoms with Gasteiger partial charge >= 0.3 is 0 Å². The highest BCUT2D eigenvalue weighted by molar-refractivity contribution is 7.72. The Morgan fingerprint density at radius 2 is 1.23 bits per heavy atom. The number of rotatable bonds is 4. The summed E-state index contributed by atoms with van der Waals surface area (Å²) in [4.78, 5) is 0. The zero-order chi connectivity index (χ0) is 19.1. The maximum atomic E-state index is 7.28. The Hall–Kier alpha value is -1.47. The third-order valence-electron chi connectivity index (χ3n) is 6.69. The zero-order valence-electron chi connectivity index (χ0n) is 16.5. The van der Waals surface area contributed by atoms with E-state index in [1.54, 1.807) is 0 Å². The third-order valence-corrected chi connectivity index (χ3v) is 43.5. The first-order valence-corrected chi connectivity index (χ1v) is 19.4. The molecule has 1 aliphatic heterocycles. The molecule has 2 aromatic carbocycles. The zero-order valence-corrected chi connectivity index (χ0v) is 19.5. The van der Waals surface area contributed by atoms with E-state index in [-0.39, 0.29) is 0 Å². The van der Waals surface area contributed by atoms with E-state index in [0.29, 0.717) is 0 Å². The lowest BCUT2D eigenvalue weighted by Crippen LogP contribution is -2.88. The van der Waals surface area contributed by atoms with Crippen LogP contribution < -0.4 is 10.4 Å². The van der Waals surface area contributed by atoms with Crippen LogP contribution >= 0.6 is 0 Å². The van der Waals surface area contributed by atoms with Crippen LogP contribution in [-0.2, 0) is 4.43 Å². The smallest absolute Gasteiger partial charge is 0.239 e. The van der Waals surface area contributed by atoms with Gasteiger partial charge in [-0.1, -0.05) is 112 Å². The summed E-state index contributed by atoms with van der Waals surface area (Å²) in [5.41, 5.74) is -0.420. The Balaban J connectivity index is 2.40. The van der Waals surface area contributed by atoms with Crippen molar-refractivity contribution < 1.29 is 4.43 Å². The Kier molecular flexibility index (Phi) is 4.90. The first kappa shape index (κ1) is 19.3. The fraction of sp³-hybridized carbons (Fsp3) is 0.273. The van der Waals surface area contributed by atoms with Crippen molar-refractivity contribution in [3.8, 4) is 0 Å². The fourth-order valence-electron chi connectivity index (χ4n) is 4.50. The molecular weight excluding hydrogens is 364 g/mol. The molecule has 0 bridgehead atoms. The van der Waals surface area contributed by atoms with Crippen molar-refractivity contribution in [3.05, 3.63) is 86.0 Å².